The molecule has 2 rings (SSSR count). The fraction of sp³-hybridized carbons (Fsp3) is 0.133. The number of nitrogens with zero attached hydrogens (tertiary/aromatic N) is 2. The second-order valence-electron chi connectivity index (χ2n) is 4.17. The van der Waals surface area contributed by atoms with Crippen LogP contribution in [0.2, 0.25) is 0 Å². The number of carbonyl (C=O) groups excluding carboxylic acids is 1. The summed E-state index contributed by atoms with van der Waals surface area (Å²) >= 11 is 3.38. The number of halogens is 1. The van der Waals surface area contributed by atoms with E-state index in [1.807, 2.05) is 6.07 Å². The minimum atomic E-state index is -0.320. The third-order valence-corrected chi connectivity index (χ3v) is 3.24. The van der Waals surface area contributed by atoms with Gasteiger partial charge in [-0.3, -0.25) is 9.78 Å². The highest BCUT2D eigenvalue weighted by Crippen LogP contribution is 2.33. The first-order chi connectivity index (χ1) is 10.7. The topological polar surface area (TPSA) is 72.8 Å². The SMILES string of the molecule is COc1cc(Br)cc(/C=N\NC(=O)c2ccncc2)c1OC. The lowest BCUT2D eigenvalue weighted by Crippen LogP contribution is -2.17. The van der Waals surface area contributed by atoms with Crippen molar-refractivity contribution in [2.24, 2.45) is 5.10 Å². The predicted molar refractivity (Wildman–Crippen MR) is 86.5 cm³/mol. The molecule has 0 spiro atoms. The van der Waals surface area contributed by atoms with Crippen LogP contribution in [-0.2, 0) is 0 Å². The van der Waals surface area contributed by atoms with E-state index in [0.29, 0.717) is 22.6 Å². The number of amides is 1. The number of pyridine rings is 1. The van der Waals surface area contributed by atoms with Crippen LogP contribution in [0.25, 0.3) is 0 Å². The van der Waals surface area contributed by atoms with Gasteiger partial charge in [0.2, 0.25) is 0 Å². The highest BCUT2D eigenvalue weighted by Gasteiger charge is 2.10. The summed E-state index contributed by atoms with van der Waals surface area (Å²) in [6.45, 7) is 0. The Morgan fingerprint density at radius 2 is 2.00 bits per heavy atom. The molecule has 0 fully saturated rings. The predicted octanol–water partition coefficient (Wildman–Crippen LogP) is 2.63. The van der Waals surface area contributed by atoms with Crippen LogP contribution in [0.4, 0.5) is 0 Å². The van der Waals surface area contributed by atoms with Gasteiger partial charge in [-0.05, 0) is 24.3 Å². The summed E-state index contributed by atoms with van der Waals surface area (Å²) in [7, 11) is 3.09. The van der Waals surface area contributed by atoms with Crippen molar-refractivity contribution in [1.29, 1.82) is 0 Å². The van der Waals surface area contributed by atoms with Gasteiger partial charge < -0.3 is 9.47 Å². The Morgan fingerprint density at radius 1 is 1.27 bits per heavy atom. The summed E-state index contributed by atoms with van der Waals surface area (Å²) in [6, 6.07) is 6.80. The summed E-state index contributed by atoms with van der Waals surface area (Å²) in [5, 5.41) is 3.94. The smallest absolute Gasteiger partial charge is 0.271 e. The van der Waals surface area contributed by atoms with E-state index >= 15 is 0 Å². The molecule has 0 aliphatic carbocycles. The monoisotopic (exact) mass is 363 g/mol. The highest BCUT2D eigenvalue weighted by atomic mass is 79.9. The van der Waals surface area contributed by atoms with Crippen LogP contribution >= 0.6 is 15.9 Å². The zero-order valence-corrected chi connectivity index (χ0v) is 13.6. The van der Waals surface area contributed by atoms with Gasteiger partial charge >= 0.3 is 0 Å². The Morgan fingerprint density at radius 3 is 2.64 bits per heavy atom. The molecule has 22 heavy (non-hydrogen) atoms. The van der Waals surface area contributed by atoms with E-state index in [4.69, 9.17) is 9.47 Å². The van der Waals surface area contributed by atoms with Gasteiger partial charge in [0.05, 0.1) is 20.4 Å². The molecule has 0 saturated heterocycles. The van der Waals surface area contributed by atoms with Crippen LogP contribution in [0.1, 0.15) is 15.9 Å². The number of aromatic nitrogens is 1. The number of hydrazone groups is 1. The second kappa shape index (κ2) is 7.56. The molecular weight excluding hydrogens is 350 g/mol. The number of methoxy groups -OCH3 is 2. The third kappa shape index (κ3) is 3.82. The Bertz CT molecular complexity index is 690. The first kappa shape index (κ1) is 16.0. The maximum atomic E-state index is 11.9. The van der Waals surface area contributed by atoms with Crippen LogP contribution in [0.15, 0.2) is 46.2 Å². The van der Waals surface area contributed by atoms with Crippen molar-refractivity contribution in [2.75, 3.05) is 14.2 Å². The maximum Gasteiger partial charge on any atom is 0.271 e. The number of ether oxygens (including phenoxy) is 2. The Balaban J connectivity index is 2.16. The molecule has 1 N–H and O–H groups in total. The van der Waals surface area contributed by atoms with Gasteiger partial charge in [0.15, 0.2) is 11.5 Å². The molecule has 0 bridgehead atoms. The van der Waals surface area contributed by atoms with Gasteiger partial charge in [0.1, 0.15) is 0 Å². The minimum absolute atomic E-state index is 0.320. The highest BCUT2D eigenvalue weighted by molar-refractivity contribution is 9.10. The standard InChI is InChI=1S/C15H14BrN3O3/c1-21-13-8-12(16)7-11(14(13)22-2)9-18-19-15(20)10-3-5-17-6-4-10/h3-9H,1-2H3,(H,19,20)/b18-9-. The van der Waals surface area contributed by atoms with Gasteiger partial charge in [-0.1, -0.05) is 15.9 Å². The summed E-state index contributed by atoms with van der Waals surface area (Å²) in [5.74, 6) is 0.783. The number of rotatable bonds is 5. The molecule has 7 heteroatoms. The van der Waals surface area contributed by atoms with Crippen LogP contribution in [0, 0.1) is 0 Å². The van der Waals surface area contributed by atoms with Crippen molar-refractivity contribution < 1.29 is 14.3 Å². The molecule has 2 aromatic rings. The van der Waals surface area contributed by atoms with E-state index in [1.54, 1.807) is 44.8 Å². The Labute approximate surface area is 136 Å². The number of nitrogens with one attached hydrogen (secondary N) is 1. The molecule has 1 amide bonds. The van der Waals surface area contributed by atoms with Crippen molar-refractivity contribution in [3.05, 3.63) is 52.3 Å². The molecule has 0 saturated carbocycles. The first-order valence-electron chi connectivity index (χ1n) is 6.30. The van der Waals surface area contributed by atoms with E-state index in [-0.39, 0.29) is 5.91 Å². The van der Waals surface area contributed by atoms with Gasteiger partial charge in [0, 0.05) is 28.0 Å². The minimum Gasteiger partial charge on any atom is -0.493 e. The van der Waals surface area contributed by atoms with Gasteiger partial charge in [-0.15, -0.1) is 0 Å². The van der Waals surface area contributed by atoms with Crippen molar-refractivity contribution in [2.45, 2.75) is 0 Å². The normalized spacial score (nSPS) is 10.5. The van der Waals surface area contributed by atoms with Crippen molar-refractivity contribution >= 4 is 28.1 Å². The summed E-state index contributed by atoms with van der Waals surface area (Å²) in [4.78, 5) is 15.7. The molecular formula is C15H14BrN3O3. The fourth-order valence-electron chi connectivity index (χ4n) is 1.78. The summed E-state index contributed by atoms with van der Waals surface area (Å²) in [6.07, 6.45) is 4.58. The Hall–Kier alpha value is -2.41. The largest absolute Gasteiger partial charge is 0.493 e. The number of carbonyl (C=O) groups is 1. The van der Waals surface area contributed by atoms with Crippen LogP contribution in [-0.4, -0.2) is 31.3 Å². The van der Waals surface area contributed by atoms with Gasteiger partial charge in [-0.25, -0.2) is 5.43 Å². The molecule has 1 aromatic heterocycles. The van der Waals surface area contributed by atoms with Crippen molar-refractivity contribution in [1.82, 2.24) is 10.4 Å². The molecule has 0 unspecified atom stereocenters. The molecule has 1 aromatic carbocycles. The maximum absolute atomic E-state index is 11.9. The lowest BCUT2D eigenvalue weighted by atomic mass is 10.2. The quantitative estimate of drug-likeness (QED) is 0.654. The Kier molecular flexibility index (Phi) is 5.48. The zero-order chi connectivity index (χ0) is 15.9. The number of hydrogen-bond donors (Lipinski definition) is 1. The lowest BCUT2D eigenvalue weighted by molar-refractivity contribution is 0.0955. The average Bonchev–Trinajstić information content (AvgIpc) is 2.55. The van der Waals surface area contributed by atoms with E-state index in [2.05, 4.69) is 31.4 Å². The molecule has 114 valence electrons. The lowest BCUT2D eigenvalue weighted by Gasteiger charge is -2.10. The van der Waals surface area contributed by atoms with Gasteiger partial charge in [-0.2, -0.15) is 5.10 Å². The second-order valence-corrected chi connectivity index (χ2v) is 5.08. The zero-order valence-electron chi connectivity index (χ0n) is 12.0. The fourth-order valence-corrected chi connectivity index (χ4v) is 2.24. The molecule has 0 aliphatic rings. The first-order valence-corrected chi connectivity index (χ1v) is 7.10. The summed E-state index contributed by atoms with van der Waals surface area (Å²) in [5.41, 5.74) is 3.59. The van der Waals surface area contributed by atoms with Crippen molar-refractivity contribution in [3.8, 4) is 11.5 Å². The van der Waals surface area contributed by atoms with E-state index in [0.717, 1.165) is 4.47 Å². The average molecular weight is 364 g/mol. The number of benzene rings is 1. The molecule has 0 atom stereocenters. The molecule has 0 radical (unpaired) electrons. The van der Waals surface area contributed by atoms with Gasteiger partial charge in [0.25, 0.3) is 5.91 Å². The van der Waals surface area contributed by atoms with E-state index in [9.17, 15) is 4.79 Å². The van der Waals surface area contributed by atoms with E-state index < -0.39 is 0 Å². The van der Waals surface area contributed by atoms with Crippen LogP contribution < -0.4 is 14.9 Å². The number of hydrogen-bond acceptors (Lipinski definition) is 5. The van der Waals surface area contributed by atoms with Crippen LogP contribution in [0.5, 0.6) is 11.5 Å². The third-order valence-electron chi connectivity index (χ3n) is 2.78. The molecule has 1 heterocycles. The van der Waals surface area contributed by atoms with Crippen LogP contribution in [0.3, 0.4) is 0 Å². The summed E-state index contributed by atoms with van der Waals surface area (Å²) < 4.78 is 11.4. The van der Waals surface area contributed by atoms with E-state index in [1.165, 1.54) is 6.21 Å². The van der Waals surface area contributed by atoms with Crippen molar-refractivity contribution in [3.63, 3.8) is 0 Å². The molecule has 0 aliphatic heterocycles. The molecule has 6 nitrogen and oxygen atoms in total.